The molecule has 1 aromatic rings. The summed E-state index contributed by atoms with van der Waals surface area (Å²) < 4.78 is 0. The summed E-state index contributed by atoms with van der Waals surface area (Å²) in [5.41, 5.74) is 0.736. The lowest BCUT2D eigenvalue weighted by Crippen LogP contribution is -2.22. The second kappa shape index (κ2) is 4.28. The van der Waals surface area contributed by atoms with Crippen molar-refractivity contribution in [3.8, 4) is 0 Å². The number of hydrogen-bond acceptors (Lipinski definition) is 2. The molecule has 0 saturated heterocycles. The summed E-state index contributed by atoms with van der Waals surface area (Å²) in [5.74, 6) is 0. The largest absolute Gasteiger partial charge is 0.308 e. The zero-order valence-electron chi connectivity index (χ0n) is 6.51. The van der Waals surface area contributed by atoms with Crippen LogP contribution in [-0.2, 0) is 9.59 Å². The van der Waals surface area contributed by atoms with Crippen LogP contribution in [-0.4, -0.2) is 19.2 Å². The molecule has 1 aromatic carbocycles. The topological polar surface area (TPSA) is 37.4 Å². The van der Waals surface area contributed by atoms with Crippen LogP contribution in [0.25, 0.3) is 0 Å². The Bertz CT molecular complexity index is 258. The van der Waals surface area contributed by atoms with Gasteiger partial charge in [-0.25, -0.2) is 0 Å². The Kier molecular flexibility index (Phi) is 3.02. The summed E-state index contributed by atoms with van der Waals surface area (Å²) >= 11 is 0. The van der Waals surface area contributed by atoms with Crippen LogP contribution in [0.1, 0.15) is 0 Å². The summed E-state index contributed by atoms with van der Waals surface area (Å²) in [4.78, 5) is 21.9. The fraction of sp³-hybridized carbons (Fsp3) is 0.111. The van der Waals surface area contributed by atoms with Gasteiger partial charge in [-0.15, -0.1) is 0 Å². The first-order chi connectivity index (χ1) is 5.88. The molecule has 0 saturated carbocycles. The van der Waals surface area contributed by atoms with Crippen molar-refractivity contribution >= 4 is 18.4 Å². The van der Waals surface area contributed by atoms with Crippen LogP contribution in [0.15, 0.2) is 30.3 Å². The van der Waals surface area contributed by atoms with E-state index in [9.17, 15) is 9.59 Å². The first-order valence-corrected chi connectivity index (χ1v) is 3.59. The highest BCUT2D eigenvalue weighted by Crippen LogP contribution is 2.09. The van der Waals surface area contributed by atoms with Crippen LogP contribution in [0.5, 0.6) is 0 Å². The first kappa shape index (κ1) is 8.46. The van der Waals surface area contributed by atoms with E-state index in [2.05, 4.69) is 0 Å². The summed E-state index contributed by atoms with van der Waals surface area (Å²) in [6.45, 7) is 0.105. The van der Waals surface area contributed by atoms with E-state index < -0.39 is 0 Å². The van der Waals surface area contributed by atoms with Gasteiger partial charge < -0.3 is 9.69 Å². The lowest BCUT2D eigenvalue weighted by molar-refractivity contribution is -0.111. The molecule has 0 aliphatic carbocycles. The lowest BCUT2D eigenvalue weighted by Gasteiger charge is -2.12. The van der Waals surface area contributed by atoms with Gasteiger partial charge in [-0.1, -0.05) is 18.2 Å². The van der Waals surface area contributed by atoms with Gasteiger partial charge in [-0.3, -0.25) is 4.79 Å². The zero-order valence-corrected chi connectivity index (χ0v) is 6.51. The number of aldehydes is 1. The molecule has 0 aromatic heterocycles. The number of carbonyl (C=O) groups excluding carboxylic acids is 2. The molecule has 0 spiro atoms. The van der Waals surface area contributed by atoms with Gasteiger partial charge in [0.1, 0.15) is 6.29 Å². The Hall–Kier alpha value is -1.64. The van der Waals surface area contributed by atoms with Crippen LogP contribution >= 0.6 is 0 Å². The van der Waals surface area contributed by atoms with E-state index in [-0.39, 0.29) is 6.54 Å². The number of amides is 1. The third-order valence-corrected chi connectivity index (χ3v) is 1.49. The van der Waals surface area contributed by atoms with Gasteiger partial charge in [-0.2, -0.15) is 0 Å². The van der Waals surface area contributed by atoms with Crippen molar-refractivity contribution in [3.05, 3.63) is 30.3 Å². The molecule has 0 bridgehead atoms. The van der Waals surface area contributed by atoms with Crippen molar-refractivity contribution in [1.29, 1.82) is 0 Å². The first-order valence-electron chi connectivity index (χ1n) is 3.59. The number of rotatable bonds is 4. The van der Waals surface area contributed by atoms with E-state index >= 15 is 0 Å². The van der Waals surface area contributed by atoms with E-state index in [1.165, 1.54) is 4.90 Å². The molecule has 0 unspecified atom stereocenters. The van der Waals surface area contributed by atoms with Gasteiger partial charge in [0.05, 0.1) is 6.54 Å². The predicted molar refractivity (Wildman–Crippen MR) is 45.9 cm³/mol. The van der Waals surface area contributed by atoms with Crippen molar-refractivity contribution in [2.24, 2.45) is 0 Å². The minimum Gasteiger partial charge on any atom is -0.308 e. The Morgan fingerprint density at radius 2 is 1.83 bits per heavy atom. The SMILES string of the molecule is O=CCN(C=O)c1ccccc1. The second-order valence-corrected chi connectivity index (χ2v) is 2.26. The van der Waals surface area contributed by atoms with Gasteiger partial charge in [-0.05, 0) is 12.1 Å². The molecule has 3 nitrogen and oxygen atoms in total. The maximum Gasteiger partial charge on any atom is 0.214 e. The molecule has 0 N–H and O–H groups in total. The standard InChI is InChI=1S/C9H9NO2/c11-7-6-10(8-12)9-4-2-1-3-5-9/h1-5,7-8H,6H2. The van der Waals surface area contributed by atoms with Gasteiger partial charge in [0.25, 0.3) is 0 Å². The van der Waals surface area contributed by atoms with Gasteiger partial charge in [0, 0.05) is 5.69 Å². The van der Waals surface area contributed by atoms with Crippen molar-refractivity contribution in [1.82, 2.24) is 0 Å². The molecular formula is C9H9NO2. The van der Waals surface area contributed by atoms with Crippen molar-refractivity contribution in [2.75, 3.05) is 11.4 Å². The van der Waals surface area contributed by atoms with Crippen LogP contribution in [0.2, 0.25) is 0 Å². The molecule has 12 heavy (non-hydrogen) atoms. The van der Waals surface area contributed by atoms with Crippen molar-refractivity contribution in [3.63, 3.8) is 0 Å². The minimum atomic E-state index is 0.105. The number of nitrogens with zero attached hydrogens (tertiary/aromatic N) is 1. The average Bonchev–Trinajstić information content (AvgIpc) is 2.15. The maximum absolute atomic E-state index is 10.5. The Morgan fingerprint density at radius 3 is 2.33 bits per heavy atom. The third-order valence-electron chi connectivity index (χ3n) is 1.49. The van der Waals surface area contributed by atoms with E-state index in [0.717, 1.165) is 5.69 Å². The van der Waals surface area contributed by atoms with Crippen LogP contribution < -0.4 is 4.90 Å². The second-order valence-electron chi connectivity index (χ2n) is 2.26. The van der Waals surface area contributed by atoms with E-state index in [1.54, 1.807) is 12.1 Å². The molecule has 3 heteroatoms. The Labute approximate surface area is 70.6 Å². The molecule has 0 radical (unpaired) electrons. The summed E-state index contributed by atoms with van der Waals surface area (Å²) in [6, 6.07) is 9.04. The lowest BCUT2D eigenvalue weighted by atomic mass is 10.3. The zero-order chi connectivity index (χ0) is 8.81. The third kappa shape index (κ3) is 1.92. The molecule has 1 rings (SSSR count). The summed E-state index contributed by atoms with van der Waals surface area (Å²) in [7, 11) is 0. The number of benzene rings is 1. The predicted octanol–water partition coefficient (Wildman–Crippen LogP) is 0.848. The minimum absolute atomic E-state index is 0.105. The normalized spacial score (nSPS) is 9.00. The van der Waals surface area contributed by atoms with Crippen LogP contribution in [0, 0.1) is 0 Å². The fourth-order valence-corrected chi connectivity index (χ4v) is 0.909. The number of hydrogen-bond donors (Lipinski definition) is 0. The average molecular weight is 163 g/mol. The fourth-order valence-electron chi connectivity index (χ4n) is 0.909. The molecule has 0 aliphatic heterocycles. The molecule has 62 valence electrons. The highest BCUT2D eigenvalue weighted by atomic mass is 16.1. The molecule has 0 heterocycles. The van der Waals surface area contributed by atoms with Crippen LogP contribution in [0.3, 0.4) is 0 Å². The maximum atomic E-state index is 10.5. The molecule has 0 aliphatic rings. The number of anilines is 1. The summed E-state index contributed by atoms with van der Waals surface area (Å²) in [5, 5.41) is 0. The Balaban J connectivity index is 2.79. The van der Waals surface area contributed by atoms with Gasteiger partial charge in [0.15, 0.2) is 0 Å². The monoisotopic (exact) mass is 163 g/mol. The molecule has 1 amide bonds. The quantitative estimate of drug-likeness (QED) is 0.617. The van der Waals surface area contributed by atoms with Gasteiger partial charge in [0.2, 0.25) is 6.41 Å². The van der Waals surface area contributed by atoms with Crippen LogP contribution in [0.4, 0.5) is 5.69 Å². The molecule has 0 fully saturated rings. The number of para-hydroxylation sites is 1. The summed E-state index contributed by atoms with van der Waals surface area (Å²) in [6.07, 6.45) is 1.34. The molecule has 0 atom stereocenters. The smallest absolute Gasteiger partial charge is 0.214 e. The van der Waals surface area contributed by atoms with Crippen molar-refractivity contribution < 1.29 is 9.59 Å². The number of carbonyl (C=O) groups is 2. The van der Waals surface area contributed by atoms with E-state index in [1.807, 2.05) is 18.2 Å². The van der Waals surface area contributed by atoms with E-state index in [0.29, 0.717) is 12.7 Å². The van der Waals surface area contributed by atoms with Gasteiger partial charge >= 0.3 is 0 Å². The highest BCUT2D eigenvalue weighted by molar-refractivity contribution is 5.80. The van der Waals surface area contributed by atoms with Crippen molar-refractivity contribution in [2.45, 2.75) is 0 Å². The Morgan fingerprint density at radius 1 is 1.17 bits per heavy atom. The van der Waals surface area contributed by atoms with E-state index in [4.69, 9.17) is 0 Å². The molecular weight excluding hydrogens is 154 g/mol. The highest BCUT2D eigenvalue weighted by Gasteiger charge is 2.01.